The fraction of sp³-hybridized carbons (Fsp3) is 0.349. The maximum absolute atomic E-state index is 4.69. The van der Waals surface area contributed by atoms with Gasteiger partial charge in [-0.1, -0.05) is 122 Å². The first kappa shape index (κ1) is 38.3. The van der Waals surface area contributed by atoms with Crippen molar-refractivity contribution in [3.05, 3.63) is 138 Å². The number of aromatic nitrogens is 2. The SMILES string of the molecule is CC(C)(C)Cc1ccnc(-c2[c-]ccc(C(C)(C)c3ccccc3)c2)c1.CC(C)Cc1cc(-c2[c-]cccc2)ncc1[Si](C)(C)C.[Ir]. The molecule has 0 unspecified atom stereocenters. The third kappa shape index (κ3) is 10.9. The van der Waals surface area contributed by atoms with E-state index in [-0.39, 0.29) is 30.9 Å². The molecular formula is C43H52IrN2Si-2. The molecular weight excluding hydrogens is 765 g/mol. The summed E-state index contributed by atoms with van der Waals surface area (Å²) in [5, 5.41) is 1.49. The van der Waals surface area contributed by atoms with Crippen molar-refractivity contribution in [3.63, 3.8) is 0 Å². The second-order valence-corrected chi connectivity index (χ2v) is 20.7. The number of hydrogen-bond acceptors (Lipinski definition) is 2. The zero-order valence-electron chi connectivity index (χ0n) is 30.0. The molecule has 0 atom stereocenters. The Balaban J connectivity index is 0.000000259. The normalized spacial score (nSPS) is 11.8. The van der Waals surface area contributed by atoms with Crippen LogP contribution in [0.4, 0.5) is 0 Å². The van der Waals surface area contributed by atoms with Gasteiger partial charge in [-0.15, -0.1) is 71.3 Å². The summed E-state index contributed by atoms with van der Waals surface area (Å²) in [6, 6.07) is 38.4. The third-order valence-electron chi connectivity index (χ3n) is 8.26. The Labute approximate surface area is 299 Å². The van der Waals surface area contributed by atoms with E-state index in [1.807, 2.05) is 30.5 Å². The predicted octanol–water partition coefficient (Wildman–Crippen LogP) is 10.8. The van der Waals surface area contributed by atoms with Crippen molar-refractivity contribution in [2.24, 2.45) is 11.3 Å². The van der Waals surface area contributed by atoms with Crippen molar-refractivity contribution in [1.82, 2.24) is 9.97 Å². The van der Waals surface area contributed by atoms with Crippen molar-refractivity contribution in [2.45, 2.75) is 86.4 Å². The van der Waals surface area contributed by atoms with E-state index in [1.54, 1.807) is 0 Å². The Morgan fingerprint density at radius 2 is 1.36 bits per heavy atom. The average Bonchev–Trinajstić information content (AvgIpc) is 3.01. The molecule has 2 aromatic heterocycles. The molecule has 0 saturated heterocycles. The van der Waals surface area contributed by atoms with Gasteiger partial charge in [0.1, 0.15) is 0 Å². The molecule has 0 aliphatic heterocycles. The zero-order valence-corrected chi connectivity index (χ0v) is 33.4. The summed E-state index contributed by atoms with van der Waals surface area (Å²) < 4.78 is 0. The zero-order chi connectivity index (χ0) is 33.5. The number of nitrogens with zero attached hydrogens (tertiary/aromatic N) is 2. The maximum atomic E-state index is 4.69. The molecule has 0 aliphatic rings. The Bertz CT molecular complexity index is 1700. The van der Waals surface area contributed by atoms with Crippen LogP contribution in [0, 0.1) is 23.5 Å². The van der Waals surface area contributed by atoms with E-state index >= 15 is 0 Å². The van der Waals surface area contributed by atoms with Crippen molar-refractivity contribution in [1.29, 1.82) is 0 Å². The van der Waals surface area contributed by atoms with E-state index < -0.39 is 8.07 Å². The van der Waals surface area contributed by atoms with Crippen LogP contribution < -0.4 is 5.19 Å². The van der Waals surface area contributed by atoms with Crippen LogP contribution in [0.5, 0.6) is 0 Å². The minimum atomic E-state index is -1.34. The molecule has 249 valence electrons. The smallest absolute Gasteiger partial charge is 0.0798 e. The number of benzene rings is 3. The summed E-state index contributed by atoms with van der Waals surface area (Å²) >= 11 is 0. The van der Waals surface area contributed by atoms with E-state index in [4.69, 9.17) is 0 Å². The van der Waals surface area contributed by atoms with Gasteiger partial charge < -0.3 is 9.97 Å². The minimum Gasteiger partial charge on any atom is -0.305 e. The van der Waals surface area contributed by atoms with Crippen molar-refractivity contribution in [2.75, 3.05) is 0 Å². The molecule has 2 nitrogen and oxygen atoms in total. The molecule has 0 fully saturated rings. The second-order valence-electron chi connectivity index (χ2n) is 15.6. The molecule has 0 saturated carbocycles. The van der Waals surface area contributed by atoms with E-state index in [9.17, 15) is 0 Å². The van der Waals surface area contributed by atoms with E-state index in [0.29, 0.717) is 5.92 Å². The molecule has 47 heavy (non-hydrogen) atoms. The molecule has 5 aromatic rings. The molecule has 0 amide bonds. The second kappa shape index (κ2) is 16.3. The quantitative estimate of drug-likeness (QED) is 0.115. The fourth-order valence-electron chi connectivity index (χ4n) is 5.85. The molecule has 4 heteroatoms. The van der Waals surface area contributed by atoms with Gasteiger partial charge in [-0.25, -0.2) is 0 Å². The first-order chi connectivity index (χ1) is 21.6. The van der Waals surface area contributed by atoms with E-state index in [0.717, 1.165) is 35.4 Å². The minimum absolute atomic E-state index is 0. The summed E-state index contributed by atoms with van der Waals surface area (Å²) in [7, 11) is -1.34. The monoisotopic (exact) mass is 817 g/mol. The van der Waals surface area contributed by atoms with Crippen LogP contribution in [0.2, 0.25) is 19.6 Å². The Kier molecular flexibility index (Phi) is 13.3. The number of hydrogen-bond donors (Lipinski definition) is 0. The summed E-state index contributed by atoms with van der Waals surface area (Å²) in [6.07, 6.45) is 6.19. The average molecular weight is 817 g/mol. The van der Waals surface area contributed by atoms with E-state index in [2.05, 4.69) is 163 Å². The molecule has 0 N–H and O–H groups in total. The first-order valence-electron chi connectivity index (χ1n) is 16.6. The van der Waals surface area contributed by atoms with Crippen LogP contribution in [0.1, 0.15) is 70.7 Å². The van der Waals surface area contributed by atoms with Gasteiger partial charge in [0.05, 0.1) is 8.07 Å². The van der Waals surface area contributed by atoms with Gasteiger partial charge in [-0.05, 0) is 57.8 Å². The third-order valence-corrected chi connectivity index (χ3v) is 10.3. The van der Waals surface area contributed by atoms with Crippen LogP contribution in [0.15, 0.2) is 103 Å². The van der Waals surface area contributed by atoms with Gasteiger partial charge in [0.2, 0.25) is 0 Å². The van der Waals surface area contributed by atoms with Crippen molar-refractivity contribution >= 4 is 13.3 Å². The predicted molar refractivity (Wildman–Crippen MR) is 200 cm³/mol. The summed E-state index contributed by atoms with van der Waals surface area (Å²) in [6.45, 7) is 23.1. The summed E-state index contributed by atoms with van der Waals surface area (Å²) in [5.41, 5.74) is 9.77. The van der Waals surface area contributed by atoms with Crippen LogP contribution >= 0.6 is 0 Å². The van der Waals surface area contributed by atoms with Crippen molar-refractivity contribution < 1.29 is 20.1 Å². The van der Waals surface area contributed by atoms with Crippen LogP contribution in [-0.2, 0) is 38.4 Å². The van der Waals surface area contributed by atoms with Gasteiger partial charge in [0.25, 0.3) is 0 Å². The fourth-order valence-corrected chi connectivity index (χ4v) is 7.44. The Morgan fingerprint density at radius 3 is 1.98 bits per heavy atom. The largest absolute Gasteiger partial charge is 0.305 e. The van der Waals surface area contributed by atoms with Crippen LogP contribution in [0.3, 0.4) is 0 Å². The van der Waals surface area contributed by atoms with Gasteiger partial charge in [0, 0.05) is 32.5 Å². The summed E-state index contributed by atoms with van der Waals surface area (Å²) in [5.74, 6) is 0.667. The Morgan fingerprint density at radius 1 is 0.702 bits per heavy atom. The first-order valence-corrected chi connectivity index (χ1v) is 20.1. The van der Waals surface area contributed by atoms with Crippen LogP contribution in [-0.4, -0.2) is 18.0 Å². The topological polar surface area (TPSA) is 25.8 Å². The van der Waals surface area contributed by atoms with Crippen molar-refractivity contribution in [3.8, 4) is 22.5 Å². The molecule has 2 heterocycles. The molecule has 0 aliphatic carbocycles. The van der Waals surface area contributed by atoms with Gasteiger partial charge in [-0.3, -0.25) is 0 Å². The molecule has 5 rings (SSSR count). The standard InChI is InChI=1S/C25H28N.C18H24NSi.Ir/c1-24(2,3)18-19-14-15-26-23(16-19)20-10-9-13-22(17-20)25(4,5)21-11-7-6-8-12-21;1-14(2)11-16-12-17(15-9-7-6-8-10-15)19-13-18(16)20(3,4)5;/h6-9,11-17H,18H2,1-5H3;6-9,12-14H,11H2,1-5H3;/q2*-1;. The molecule has 1 radical (unpaired) electrons. The molecule has 0 bridgehead atoms. The van der Waals surface area contributed by atoms with E-state index in [1.165, 1.54) is 27.4 Å². The van der Waals surface area contributed by atoms with Gasteiger partial charge in [0.15, 0.2) is 0 Å². The maximum Gasteiger partial charge on any atom is 0.0798 e. The summed E-state index contributed by atoms with van der Waals surface area (Å²) in [4.78, 5) is 9.29. The Hall–Kier alpha value is -3.17. The van der Waals surface area contributed by atoms with Crippen LogP contribution in [0.25, 0.3) is 22.5 Å². The molecule has 3 aromatic carbocycles. The van der Waals surface area contributed by atoms with Gasteiger partial charge in [-0.2, -0.15) is 0 Å². The van der Waals surface area contributed by atoms with Gasteiger partial charge >= 0.3 is 0 Å². The number of pyridine rings is 2. The molecule has 0 spiro atoms. The number of rotatable bonds is 8.